The third kappa shape index (κ3) is 2.90. The minimum atomic E-state index is -1.08. The van der Waals surface area contributed by atoms with Gasteiger partial charge in [0.2, 0.25) is 0 Å². The van der Waals surface area contributed by atoms with Crippen LogP contribution >= 0.6 is 0 Å². The van der Waals surface area contributed by atoms with Crippen LogP contribution in [0.2, 0.25) is 0 Å². The van der Waals surface area contributed by atoms with E-state index >= 15 is 0 Å². The number of H-pyrrole nitrogens is 1. The first-order chi connectivity index (χ1) is 8.12. The Labute approximate surface area is 101 Å². The molecule has 0 aliphatic heterocycles. The van der Waals surface area contributed by atoms with E-state index in [1.54, 1.807) is 25.8 Å². The van der Waals surface area contributed by atoms with Crippen LogP contribution in [0.5, 0.6) is 0 Å². The molecule has 1 aromatic heterocycles. The summed E-state index contributed by atoms with van der Waals surface area (Å²) >= 11 is 0. The van der Waals surface area contributed by atoms with Crippen molar-refractivity contribution in [1.82, 2.24) is 9.55 Å². The van der Waals surface area contributed by atoms with E-state index in [0.29, 0.717) is 0 Å². The van der Waals surface area contributed by atoms with Crippen LogP contribution < -0.4 is 11.2 Å². The van der Waals surface area contributed by atoms with Crippen molar-refractivity contribution < 1.29 is 9.72 Å². The van der Waals surface area contributed by atoms with Gasteiger partial charge in [0.1, 0.15) is 0 Å². The Hall–Kier alpha value is -2.25. The van der Waals surface area contributed by atoms with Crippen LogP contribution in [0, 0.1) is 15.5 Å². The molecule has 0 saturated carbocycles. The molecule has 0 atom stereocenters. The second-order valence-electron chi connectivity index (χ2n) is 4.83. The Balaban J connectivity index is 3.23. The molecule has 0 radical (unpaired) electrons. The molecule has 0 aliphatic carbocycles. The lowest BCUT2D eigenvalue weighted by Gasteiger charge is -2.16. The van der Waals surface area contributed by atoms with Crippen LogP contribution in [-0.4, -0.2) is 20.3 Å². The lowest BCUT2D eigenvalue weighted by molar-refractivity contribution is -0.386. The van der Waals surface area contributed by atoms with Crippen LogP contribution in [-0.2, 0) is 11.3 Å². The highest BCUT2D eigenvalue weighted by molar-refractivity contribution is 5.83. The number of aromatic amines is 1. The SMILES string of the molecule is CC(C)(C)C(=O)Cn1cc([N+](=O)[O-])c(=O)[nH]c1=O. The number of rotatable bonds is 3. The van der Waals surface area contributed by atoms with Crippen molar-refractivity contribution >= 4 is 11.5 Å². The smallest absolute Gasteiger partial charge is 0.297 e. The number of nitrogens with one attached hydrogen (secondary N) is 1. The van der Waals surface area contributed by atoms with Gasteiger partial charge in [-0.25, -0.2) is 4.79 Å². The molecule has 1 heterocycles. The molecule has 98 valence electrons. The van der Waals surface area contributed by atoms with Crippen molar-refractivity contribution in [1.29, 1.82) is 0 Å². The first kappa shape index (κ1) is 13.8. The molecule has 0 fully saturated rings. The fourth-order valence-corrected chi connectivity index (χ4v) is 1.14. The van der Waals surface area contributed by atoms with Gasteiger partial charge in [0.25, 0.3) is 0 Å². The summed E-state index contributed by atoms with van der Waals surface area (Å²) in [4.78, 5) is 45.7. The maximum Gasteiger partial charge on any atom is 0.350 e. The zero-order chi connectivity index (χ0) is 14.1. The lowest BCUT2D eigenvalue weighted by atomic mass is 9.91. The minimum Gasteiger partial charge on any atom is -0.297 e. The van der Waals surface area contributed by atoms with Gasteiger partial charge in [-0.05, 0) is 0 Å². The van der Waals surface area contributed by atoms with E-state index in [0.717, 1.165) is 10.8 Å². The predicted octanol–water partition coefficient (Wildman–Crippen LogP) is 0.0600. The molecule has 18 heavy (non-hydrogen) atoms. The van der Waals surface area contributed by atoms with Gasteiger partial charge in [0.15, 0.2) is 5.78 Å². The van der Waals surface area contributed by atoms with Crippen molar-refractivity contribution in [2.75, 3.05) is 0 Å². The summed E-state index contributed by atoms with van der Waals surface area (Å²) in [7, 11) is 0. The Morgan fingerprint density at radius 1 is 1.44 bits per heavy atom. The van der Waals surface area contributed by atoms with Crippen LogP contribution in [0.25, 0.3) is 0 Å². The standard InChI is InChI=1S/C10H13N3O5/c1-10(2,3)7(14)5-12-4-6(13(17)18)8(15)11-9(12)16/h4H,5H2,1-3H3,(H,11,15,16). The van der Waals surface area contributed by atoms with E-state index in [9.17, 15) is 24.5 Å². The van der Waals surface area contributed by atoms with Crippen molar-refractivity contribution in [2.24, 2.45) is 5.41 Å². The summed E-state index contributed by atoms with van der Waals surface area (Å²) in [5, 5.41) is 10.6. The molecule has 1 N–H and O–H groups in total. The number of Topliss-reactive ketones (excluding diaryl/α,β-unsaturated/α-hetero) is 1. The average Bonchev–Trinajstić information content (AvgIpc) is 2.19. The van der Waals surface area contributed by atoms with Crippen molar-refractivity contribution in [3.05, 3.63) is 37.1 Å². The lowest BCUT2D eigenvalue weighted by Crippen LogP contribution is -2.35. The average molecular weight is 255 g/mol. The van der Waals surface area contributed by atoms with E-state index in [-0.39, 0.29) is 12.3 Å². The van der Waals surface area contributed by atoms with Gasteiger partial charge in [-0.2, -0.15) is 0 Å². The normalized spacial score (nSPS) is 11.3. The first-order valence-corrected chi connectivity index (χ1v) is 5.14. The molecule has 0 aromatic carbocycles. The van der Waals surface area contributed by atoms with Gasteiger partial charge in [-0.3, -0.25) is 29.3 Å². The number of hydrogen-bond acceptors (Lipinski definition) is 5. The highest BCUT2D eigenvalue weighted by Crippen LogP contribution is 2.15. The van der Waals surface area contributed by atoms with E-state index in [2.05, 4.69) is 0 Å². The fraction of sp³-hybridized carbons (Fsp3) is 0.500. The molecule has 0 spiro atoms. The quantitative estimate of drug-likeness (QED) is 0.605. The number of nitrogens with zero attached hydrogens (tertiary/aromatic N) is 2. The molecule has 0 bridgehead atoms. The Bertz CT molecular complexity index is 605. The van der Waals surface area contributed by atoms with Gasteiger partial charge in [0.05, 0.1) is 17.7 Å². The number of aromatic nitrogens is 2. The largest absolute Gasteiger partial charge is 0.350 e. The summed E-state index contributed by atoms with van der Waals surface area (Å²) in [6.45, 7) is 4.68. The van der Waals surface area contributed by atoms with Crippen LogP contribution in [0.3, 0.4) is 0 Å². The van der Waals surface area contributed by atoms with Gasteiger partial charge in [-0.15, -0.1) is 0 Å². The Kier molecular flexibility index (Phi) is 3.49. The number of ketones is 1. The molecule has 8 heteroatoms. The molecule has 0 unspecified atom stereocenters. The van der Waals surface area contributed by atoms with Gasteiger partial charge < -0.3 is 0 Å². The molecule has 8 nitrogen and oxygen atoms in total. The summed E-state index contributed by atoms with van der Waals surface area (Å²) in [6.07, 6.45) is 0.783. The summed E-state index contributed by atoms with van der Waals surface area (Å²) < 4.78 is 0.827. The van der Waals surface area contributed by atoms with E-state index in [1.807, 2.05) is 0 Å². The van der Waals surface area contributed by atoms with E-state index < -0.39 is 27.3 Å². The summed E-state index contributed by atoms with van der Waals surface area (Å²) in [6, 6.07) is 0. The molecule has 0 saturated heterocycles. The number of carbonyl (C=O) groups is 1. The molecule has 1 rings (SSSR count). The molecule has 1 aromatic rings. The van der Waals surface area contributed by atoms with Gasteiger partial charge in [0, 0.05) is 5.41 Å². The molecular weight excluding hydrogens is 242 g/mol. The number of carbonyl (C=O) groups excluding carboxylic acids is 1. The second-order valence-corrected chi connectivity index (χ2v) is 4.83. The van der Waals surface area contributed by atoms with Crippen LogP contribution in [0.1, 0.15) is 20.8 Å². The topological polar surface area (TPSA) is 115 Å². The molecular formula is C10H13N3O5. The Morgan fingerprint density at radius 3 is 2.44 bits per heavy atom. The van der Waals surface area contributed by atoms with Crippen LogP contribution in [0.4, 0.5) is 5.69 Å². The maximum atomic E-state index is 11.7. The highest BCUT2D eigenvalue weighted by atomic mass is 16.6. The third-order valence-corrected chi connectivity index (χ3v) is 2.34. The zero-order valence-electron chi connectivity index (χ0n) is 10.2. The van der Waals surface area contributed by atoms with E-state index in [4.69, 9.17) is 0 Å². The third-order valence-electron chi connectivity index (χ3n) is 2.34. The highest BCUT2D eigenvalue weighted by Gasteiger charge is 2.23. The first-order valence-electron chi connectivity index (χ1n) is 5.14. The molecule has 0 amide bonds. The van der Waals surface area contributed by atoms with Crippen molar-refractivity contribution in [2.45, 2.75) is 27.3 Å². The zero-order valence-corrected chi connectivity index (χ0v) is 10.2. The van der Waals surface area contributed by atoms with Gasteiger partial charge in [-0.1, -0.05) is 20.8 Å². The van der Waals surface area contributed by atoms with Crippen molar-refractivity contribution in [3.63, 3.8) is 0 Å². The van der Waals surface area contributed by atoms with Gasteiger partial charge >= 0.3 is 16.9 Å². The monoisotopic (exact) mass is 255 g/mol. The number of hydrogen-bond donors (Lipinski definition) is 1. The second kappa shape index (κ2) is 4.55. The predicted molar refractivity (Wildman–Crippen MR) is 62.4 cm³/mol. The summed E-state index contributed by atoms with van der Waals surface area (Å²) in [5.74, 6) is -0.272. The maximum absolute atomic E-state index is 11.7. The van der Waals surface area contributed by atoms with Crippen molar-refractivity contribution in [3.8, 4) is 0 Å². The van der Waals surface area contributed by atoms with E-state index in [1.165, 1.54) is 0 Å². The number of nitro groups is 1. The minimum absolute atomic E-state index is 0.272. The van der Waals surface area contributed by atoms with Crippen LogP contribution in [0.15, 0.2) is 15.8 Å². The summed E-state index contributed by atoms with van der Waals surface area (Å²) in [5.41, 5.74) is -3.37. The molecule has 0 aliphatic rings. The fourth-order valence-electron chi connectivity index (χ4n) is 1.14. The Morgan fingerprint density at radius 2 is 2.00 bits per heavy atom.